The molecule has 3 saturated carbocycles. The SMILES string of the molecule is N#CC(C#N)=C1C=C(C2=Cc3sc4c(c3C23CCCCC3)C2(CCCCC2)c2c-4sc3c2C2(CCCCC2)C(C2=CC(=C(C#N)C#N)CCC2)=C3)CCC1. The Morgan fingerprint density at radius 1 is 0.426 bits per heavy atom. The molecule has 0 bridgehead atoms. The second-order valence-corrected chi connectivity index (χ2v) is 19.5. The van der Waals surface area contributed by atoms with Gasteiger partial charge in [0, 0.05) is 35.8 Å². The van der Waals surface area contributed by atoms with E-state index in [2.05, 4.69) is 71.3 Å². The molecule has 3 fully saturated rings. The number of hydrogen-bond donors (Lipinski definition) is 0. The number of nitriles is 4. The molecule has 10 rings (SSSR count). The molecule has 54 heavy (non-hydrogen) atoms. The van der Waals surface area contributed by atoms with Crippen LogP contribution in [0.25, 0.3) is 21.9 Å². The zero-order valence-corrected chi connectivity index (χ0v) is 32.9. The maximum absolute atomic E-state index is 9.79. The van der Waals surface area contributed by atoms with E-state index in [0.717, 1.165) is 49.7 Å². The lowest BCUT2D eigenvalue weighted by Crippen LogP contribution is -2.38. The van der Waals surface area contributed by atoms with E-state index in [1.54, 1.807) is 32.0 Å². The van der Waals surface area contributed by atoms with Gasteiger partial charge in [-0.15, -0.1) is 22.7 Å². The average Bonchev–Trinajstić information content (AvgIpc) is 3.98. The van der Waals surface area contributed by atoms with Crippen LogP contribution < -0.4 is 0 Å². The predicted octanol–water partition coefficient (Wildman–Crippen LogP) is 13.1. The van der Waals surface area contributed by atoms with E-state index in [0.29, 0.717) is 0 Å². The Bertz CT molecular complexity index is 2170. The molecular weight excluding hydrogens is 697 g/mol. The van der Waals surface area contributed by atoms with Crippen LogP contribution >= 0.6 is 22.7 Å². The maximum atomic E-state index is 9.79. The molecule has 2 aromatic heterocycles. The number of fused-ring (bicyclic) bond motifs is 11. The number of thiophene rings is 2. The van der Waals surface area contributed by atoms with Crippen LogP contribution in [-0.2, 0) is 16.2 Å². The van der Waals surface area contributed by atoms with E-state index < -0.39 is 0 Å². The normalized spacial score (nSPS) is 23.9. The molecule has 3 spiro atoms. The minimum absolute atomic E-state index is 0.0218. The second-order valence-electron chi connectivity index (χ2n) is 17.4. The van der Waals surface area contributed by atoms with E-state index in [4.69, 9.17) is 0 Å². The van der Waals surface area contributed by atoms with E-state index in [1.165, 1.54) is 128 Å². The first kappa shape index (κ1) is 34.3. The van der Waals surface area contributed by atoms with Gasteiger partial charge in [0.15, 0.2) is 0 Å². The summed E-state index contributed by atoms with van der Waals surface area (Å²) >= 11 is 4.19. The van der Waals surface area contributed by atoms with Crippen molar-refractivity contribution < 1.29 is 0 Å². The molecule has 0 saturated heterocycles. The molecule has 0 unspecified atom stereocenters. The van der Waals surface area contributed by atoms with Gasteiger partial charge in [0.2, 0.25) is 0 Å². The summed E-state index contributed by atoms with van der Waals surface area (Å²) in [6, 6.07) is 8.80. The van der Waals surface area contributed by atoms with Gasteiger partial charge in [0.25, 0.3) is 0 Å². The Morgan fingerprint density at radius 2 is 0.796 bits per heavy atom. The highest BCUT2D eigenvalue weighted by atomic mass is 32.1. The van der Waals surface area contributed by atoms with Gasteiger partial charge in [-0.25, -0.2) is 0 Å². The van der Waals surface area contributed by atoms with Crippen LogP contribution in [0.5, 0.6) is 0 Å². The van der Waals surface area contributed by atoms with Crippen LogP contribution in [0.1, 0.15) is 167 Å². The first-order chi connectivity index (χ1) is 26.5. The molecule has 270 valence electrons. The van der Waals surface area contributed by atoms with Crippen LogP contribution in [0.15, 0.2) is 56.7 Å². The summed E-state index contributed by atoms with van der Waals surface area (Å²) in [4.78, 5) is 6.17. The number of allylic oxidation sites excluding steroid dienone is 10. The lowest BCUT2D eigenvalue weighted by molar-refractivity contribution is 0.311. The molecule has 0 aromatic carbocycles. The van der Waals surface area contributed by atoms with Gasteiger partial charge >= 0.3 is 0 Å². The number of hydrogen-bond acceptors (Lipinski definition) is 6. The fourth-order valence-corrected chi connectivity index (χ4v) is 15.9. The Kier molecular flexibility index (Phi) is 8.22. The molecular formula is C48H46N4S2. The van der Waals surface area contributed by atoms with Crippen molar-refractivity contribution in [2.45, 2.75) is 151 Å². The van der Waals surface area contributed by atoms with Crippen molar-refractivity contribution in [1.29, 1.82) is 21.0 Å². The Hall–Kier alpha value is -4.20. The largest absolute Gasteiger partial charge is 0.192 e. The molecule has 4 nitrogen and oxygen atoms in total. The second kappa shape index (κ2) is 12.9. The zero-order chi connectivity index (χ0) is 36.7. The van der Waals surface area contributed by atoms with Crippen molar-refractivity contribution >= 4 is 34.8 Å². The third kappa shape index (κ3) is 4.67. The first-order valence-corrected chi connectivity index (χ1v) is 22.4. The molecule has 8 aliphatic rings. The summed E-state index contributed by atoms with van der Waals surface area (Å²) in [5.41, 5.74) is 15.1. The molecule has 6 heteroatoms. The van der Waals surface area contributed by atoms with Gasteiger partial charge in [-0.05, 0) is 145 Å². The highest BCUT2D eigenvalue weighted by molar-refractivity contribution is 7.23. The van der Waals surface area contributed by atoms with E-state index >= 15 is 0 Å². The summed E-state index contributed by atoms with van der Waals surface area (Å²) in [5, 5.41) is 39.2. The summed E-state index contributed by atoms with van der Waals surface area (Å²) in [6.07, 6.45) is 34.1. The van der Waals surface area contributed by atoms with Crippen molar-refractivity contribution in [2.75, 3.05) is 0 Å². The van der Waals surface area contributed by atoms with Crippen molar-refractivity contribution in [3.8, 4) is 34.0 Å². The topological polar surface area (TPSA) is 95.2 Å². The van der Waals surface area contributed by atoms with Gasteiger partial charge in [0.1, 0.15) is 35.4 Å². The standard InChI is InChI=1S/C48H46N4S2/c49-26-34(27-50)30-12-10-14-32(22-30)36-24-38-40(46(36)16-4-1-5-17-46)42-44(53-38)45-43(48(42)20-8-3-9-21-48)41-39(54-45)25-37(47(41)18-6-2-7-19-47)33-15-11-13-31(23-33)35(28-51)29-52/h22-25H,1-21H2. The monoisotopic (exact) mass is 742 g/mol. The van der Waals surface area contributed by atoms with Gasteiger partial charge in [-0.2, -0.15) is 21.0 Å². The van der Waals surface area contributed by atoms with Gasteiger partial charge in [0.05, 0.1) is 0 Å². The van der Waals surface area contributed by atoms with Gasteiger partial charge in [-0.3, -0.25) is 0 Å². The smallest absolute Gasteiger partial charge is 0.132 e. The minimum atomic E-state index is 0.0218. The maximum Gasteiger partial charge on any atom is 0.132 e. The highest BCUT2D eigenvalue weighted by Crippen LogP contribution is 2.72. The van der Waals surface area contributed by atoms with Gasteiger partial charge in [-0.1, -0.05) is 69.9 Å². The summed E-state index contributed by atoms with van der Waals surface area (Å²) < 4.78 is 0. The molecule has 2 aromatic rings. The third-order valence-corrected chi connectivity index (χ3v) is 17.4. The lowest BCUT2D eigenvalue weighted by Gasteiger charge is -2.45. The van der Waals surface area contributed by atoms with Crippen molar-refractivity contribution in [2.24, 2.45) is 0 Å². The summed E-state index contributed by atoms with van der Waals surface area (Å²) in [6.45, 7) is 0. The molecule has 0 atom stereocenters. The molecule has 2 heterocycles. The predicted molar refractivity (Wildman–Crippen MR) is 217 cm³/mol. The Labute approximate surface area is 328 Å². The van der Waals surface area contributed by atoms with E-state index in [9.17, 15) is 21.0 Å². The van der Waals surface area contributed by atoms with Crippen LogP contribution in [0.3, 0.4) is 0 Å². The summed E-state index contributed by atoms with van der Waals surface area (Å²) in [5.74, 6) is 0. The van der Waals surface area contributed by atoms with Crippen molar-refractivity contribution in [3.63, 3.8) is 0 Å². The van der Waals surface area contributed by atoms with Crippen LogP contribution in [0.2, 0.25) is 0 Å². The van der Waals surface area contributed by atoms with E-state index in [-0.39, 0.29) is 27.4 Å². The van der Waals surface area contributed by atoms with Crippen LogP contribution in [0.4, 0.5) is 0 Å². The third-order valence-electron chi connectivity index (χ3n) is 15.0. The van der Waals surface area contributed by atoms with Gasteiger partial charge < -0.3 is 0 Å². The highest BCUT2D eigenvalue weighted by Gasteiger charge is 2.59. The fraction of sp³-hybridized carbons (Fsp3) is 0.500. The molecule has 0 radical (unpaired) electrons. The molecule has 0 aliphatic heterocycles. The van der Waals surface area contributed by atoms with Crippen LogP contribution in [0, 0.1) is 45.3 Å². The summed E-state index contributed by atoms with van der Waals surface area (Å²) in [7, 11) is 0. The Balaban J connectivity index is 1.17. The molecule has 0 N–H and O–H groups in total. The van der Waals surface area contributed by atoms with Crippen molar-refractivity contribution in [1.82, 2.24) is 0 Å². The fourth-order valence-electron chi connectivity index (χ4n) is 12.8. The number of nitrogens with zero attached hydrogens (tertiary/aromatic N) is 4. The molecule has 8 aliphatic carbocycles. The number of rotatable bonds is 2. The first-order valence-electron chi connectivity index (χ1n) is 20.8. The van der Waals surface area contributed by atoms with Crippen molar-refractivity contribution in [3.05, 3.63) is 88.7 Å². The quantitative estimate of drug-likeness (QED) is 0.286. The zero-order valence-electron chi connectivity index (χ0n) is 31.3. The van der Waals surface area contributed by atoms with Crippen LogP contribution in [-0.4, -0.2) is 0 Å². The lowest BCUT2D eigenvalue weighted by atomic mass is 9.57. The molecule has 0 amide bonds. The van der Waals surface area contributed by atoms with E-state index in [1.807, 2.05) is 0 Å². The average molecular weight is 743 g/mol. The minimum Gasteiger partial charge on any atom is -0.192 e. The Morgan fingerprint density at radius 3 is 1.17 bits per heavy atom.